The Hall–Kier alpha value is -1.46. The number of aliphatic hydroxyl groups excluding tert-OH is 1. The third-order valence-corrected chi connectivity index (χ3v) is 5.22. The Labute approximate surface area is 136 Å². The minimum absolute atomic E-state index is 0.151. The second kappa shape index (κ2) is 6.97. The Bertz CT molecular complexity index is 548. The molecule has 1 aromatic carbocycles. The summed E-state index contributed by atoms with van der Waals surface area (Å²) in [5.41, 5.74) is 0.742. The van der Waals surface area contributed by atoms with E-state index in [1.165, 1.54) is 12.1 Å². The van der Waals surface area contributed by atoms with E-state index in [-0.39, 0.29) is 17.8 Å². The van der Waals surface area contributed by atoms with Gasteiger partial charge in [-0.2, -0.15) is 0 Å². The lowest BCUT2D eigenvalue weighted by molar-refractivity contribution is -0.130. The van der Waals surface area contributed by atoms with E-state index in [1.807, 2.05) is 4.90 Å². The molecule has 1 amide bonds. The summed E-state index contributed by atoms with van der Waals surface area (Å²) in [6.07, 6.45) is 3.67. The maximum absolute atomic E-state index is 13.0. The van der Waals surface area contributed by atoms with Crippen LogP contribution in [0.5, 0.6) is 0 Å². The van der Waals surface area contributed by atoms with Crippen molar-refractivity contribution in [3.63, 3.8) is 0 Å². The average molecular weight is 320 g/mol. The summed E-state index contributed by atoms with van der Waals surface area (Å²) in [4.78, 5) is 16.1. The van der Waals surface area contributed by atoms with Crippen molar-refractivity contribution in [2.75, 3.05) is 19.6 Å². The number of carbonyl (C=O) groups excluding carboxylic acids is 1. The maximum Gasteiger partial charge on any atom is 0.219 e. The molecule has 2 fully saturated rings. The van der Waals surface area contributed by atoms with Crippen molar-refractivity contribution >= 4 is 5.91 Å². The molecule has 5 heteroatoms. The molecule has 2 saturated heterocycles. The number of nitrogens with zero attached hydrogens (tertiary/aromatic N) is 2. The minimum atomic E-state index is -0.622. The zero-order chi connectivity index (χ0) is 16.4. The summed E-state index contributed by atoms with van der Waals surface area (Å²) in [6.45, 7) is 3.99. The minimum Gasteiger partial charge on any atom is -0.387 e. The van der Waals surface area contributed by atoms with Gasteiger partial charge in [0.2, 0.25) is 5.91 Å². The zero-order valence-corrected chi connectivity index (χ0v) is 13.6. The number of rotatable bonds is 4. The van der Waals surface area contributed by atoms with Crippen LogP contribution < -0.4 is 0 Å². The number of hydrogen-bond acceptors (Lipinski definition) is 3. The highest BCUT2D eigenvalue weighted by Gasteiger charge is 2.39. The molecule has 0 aliphatic carbocycles. The summed E-state index contributed by atoms with van der Waals surface area (Å²) >= 11 is 0. The molecule has 0 saturated carbocycles. The molecule has 0 radical (unpaired) electrons. The van der Waals surface area contributed by atoms with Gasteiger partial charge in [-0.3, -0.25) is 9.69 Å². The van der Waals surface area contributed by atoms with Gasteiger partial charge in [-0.05, 0) is 49.9 Å². The van der Waals surface area contributed by atoms with E-state index in [0.717, 1.165) is 44.3 Å². The third-order valence-electron chi connectivity index (χ3n) is 5.22. The summed E-state index contributed by atoms with van der Waals surface area (Å²) in [5, 5.41) is 10.5. The number of halogens is 1. The van der Waals surface area contributed by atoms with E-state index >= 15 is 0 Å². The Morgan fingerprint density at radius 3 is 2.57 bits per heavy atom. The van der Waals surface area contributed by atoms with Crippen LogP contribution in [0, 0.1) is 5.82 Å². The standard InChI is InChI=1S/C18H25FN2O2/c1-13(22)21-11-3-5-17(21)16-4-2-10-20(16)12-18(23)14-6-8-15(19)9-7-14/h6-9,16-18,23H,2-5,10-12H2,1H3/t16-,17-,18-/m1/s1. The fraction of sp³-hybridized carbons (Fsp3) is 0.611. The van der Waals surface area contributed by atoms with Crippen molar-refractivity contribution in [2.24, 2.45) is 0 Å². The highest BCUT2D eigenvalue weighted by molar-refractivity contribution is 5.74. The highest BCUT2D eigenvalue weighted by atomic mass is 19.1. The van der Waals surface area contributed by atoms with E-state index in [4.69, 9.17) is 0 Å². The Balaban J connectivity index is 1.67. The van der Waals surface area contributed by atoms with Crippen LogP contribution in [0.3, 0.4) is 0 Å². The Kier molecular flexibility index (Phi) is 4.97. The number of hydrogen-bond donors (Lipinski definition) is 1. The largest absolute Gasteiger partial charge is 0.387 e. The van der Waals surface area contributed by atoms with Crippen LogP contribution in [0.4, 0.5) is 4.39 Å². The number of β-amino-alcohol motifs (C(OH)–C–C–N with tert-alkyl or cyclic N) is 1. The molecule has 4 nitrogen and oxygen atoms in total. The van der Waals surface area contributed by atoms with Crippen LogP contribution >= 0.6 is 0 Å². The monoisotopic (exact) mass is 320 g/mol. The zero-order valence-electron chi connectivity index (χ0n) is 13.6. The molecular formula is C18H25FN2O2. The predicted octanol–water partition coefficient (Wildman–Crippen LogP) is 2.33. The maximum atomic E-state index is 13.0. The number of amides is 1. The molecule has 0 bridgehead atoms. The fourth-order valence-corrected chi connectivity index (χ4v) is 4.11. The van der Waals surface area contributed by atoms with Crippen molar-refractivity contribution < 1.29 is 14.3 Å². The normalized spacial score (nSPS) is 26.7. The van der Waals surface area contributed by atoms with Crippen LogP contribution in [0.2, 0.25) is 0 Å². The van der Waals surface area contributed by atoms with E-state index in [2.05, 4.69) is 4.90 Å². The molecule has 23 heavy (non-hydrogen) atoms. The van der Waals surface area contributed by atoms with Gasteiger partial charge in [0.15, 0.2) is 0 Å². The van der Waals surface area contributed by atoms with Crippen molar-refractivity contribution in [3.8, 4) is 0 Å². The van der Waals surface area contributed by atoms with Crippen LogP contribution in [-0.4, -0.2) is 52.5 Å². The molecule has 0 unspecified atom stereocenters. The summed E-state index contributed by atoms with van der Waals surface area (Å²) < 4.78 is 13.0. The highest BCUT2D eigenvalue weighted by Crippen LogP contribution is 2.31. The lowest BCUT2D eigenvalue weighted by Crippen LogP contribution is -2.48. The molecule has 0 spiro atoms. The van der Waals surface area contributed by atoms with E-state index < -0.39 is 6.10 Å². The Morgan fingerprint density at radius 2 is 1.87 bits per heavy atom. The molecule has 0 aromatic heterocycles. The van der Waals surface area contributed by atoms with Crippen molar-refractivity contribution in [2.45, 2.75) is 50.8 Å². The number of benzene rings is 1. The first kappa shape index (κ1) is 16.4. The van der Waals surface area contributed by atoms with Crippen LogP contribution in [0.25, 0.3) is 0 Å². The van der Waals surface area contributed by atoms with Crippen molar-refractivity contribution in [1.29, 1.82) is 0 Å². The average Bonchev–Trinajstić information content (AvgIpc) is 3.15. The first-order chi connectivity index (χ1) is 11.1. The lowest BCUT2D eigenvalue weighted by Gasteiger charge is -2.35. The second-order valence-corrected chi connectivity index (χ2v) is 6.69. The van der Waals surface area contributed by atoms with E-state index in [0.29, 0.717) is 12.6 Å². The molecule has 126 valence electrons. The SMILES string of the molecule is CC(=O)N1CCC[C@@H]1[C@H]1CCCN1C[C@@H](O)c1ccc(F)cc1. The van der Waals surface area contributed by atoms with Gasteiger partial charge in [0.05, 0.1) is 6.10 Å². The molecular weight excluding hydrogens is 295 g/mol. The molecule has 3 rings (SSSR count). The second-order valence-electron chi connectivity index (χ2n) is 6.69. The van der Waals surface area contributed by atoms with Gasteiger partial charge >= 0.3 is 0 Å². The van der Waals surface area contributed by atoms with Crippen LogP contribution in [-0.2, 0) is 4.79 Å². The third kappa shape index (κ3) is 3.56. The molecule has 1 N–H and O–H groups in total. The smallest absolute Gasteiger partial charge is 0.219 e. The number of aliphatic hydroxyl groups is 1. The van der Waals surface area contributed by atoms with E-state index in [1.54, 1.807) is 19.1 Å². The molecule has 3 atom stereocenters. The van der Waals surface area contributed by atoms with Crippen LogP contribution in [0.1, 0.15) is 44.3 Å². The van der Waals surface area contributed by atoms with Gasteiger partial charge in [0.1, 0.15) is 5.82 Å². The molecule has 2 heterocycles. The number of likely N-dealkylation sites (tertiary alicyclic amines) is 2. The lowest BCUT2D eigenvalue weighted by atomic mass is 10.0. The molecule has 2 aliphatic rings. The van der Waals surface area contributed by atoms with Gasteiger partial charge in [0.25, 0.3) is 0 Å². The Morgan fingerprint density at radius 1 is 1.22 bits per heavy atom. The first-order valence-electron chi connectivity index (χ1n) is 8.51. The van der Waals surface area contributed by atoms with Crippen molar-refractivity contribution in [1.82, 2.24) is 9.80 Å². The quantitative estimate of drug-likeness (QED) is 0.926. The number of carbonyl (C=O) groups is 1. The van der Waals surface area contributed by atoms with Gasteiger partial charge in [-0.15, -0.1) is 0 Å². The predicted molar refractivity (Wildman–Crippen MR) is 86.4 cm³/mol. The van der Waals surface area contributed by atoms with Gasteiger partial charge in [0, 0.05) is 32.1 Å². The summed E-state index contributed by atoms with van der Waals surface area (Å²) in [6, 6.07) is 6.65. The topological polar surface area (TPSA) is 43.8 Å². The van der Waals surface area contributed by atoms with Gasteiger partial charge in [-0.1, -0.05) is 12.1 Å². The summed E-state index contributed by atoms with van der Waals surface area (Å²) in [7, 11) is 0. The van der Waals surface area contributed by atoms with E-state index in [9.17, 15) is 14.3 Å². The van der Waals surface area contributed by atoms with Crippen molar-refractivity contribution in [3.05, 3.63) is 35.6 Å². The molecule has 1 aromatic rings. The molecule has 2 aliphatic heterocycles. The van der Waals surface area contributed by atoms with Crippen LogP contribution in [0.15, 0.2) is 24.3 Å². The van der Waals surface area contributed by atoms with Gasteiger partial charge < -0.3 is 10.0 Å². The first-order valence-corrected chi connectivity index (χ1v) is 8.51. The fourth-order valence-electron chi connectivity index (χ4n) is 4.11. The van der Waals surface area contributed by atoms with Gasteiger partial charge in [-0.25, -0.2) is 4.39 Å². The summed E-state index contributed by atoms with van der Waals surface area (Å²) in [5.74, 6) is -0.138.